The molecule has 0 heterocycles. The minimum atomic E-state index is -1.16. The molecular weight excluding hydrogens is 195 g/mol. The topological polar surface area (TPSA) is 86.3 Å². The van der Waals surface area contributed by atoms with Gasteiger partial charge in [-0.05, 0) is 5.56 Å². The Morgan fingerprint density at radius 1 is 1.07 bits per heavy atom. The first-order chi connectivity index (χ1) is 6.52. The molecule has 74 valence electrons. The van der Waals surface area contributed by atoms with Gasteiger partial charge in [0, 0.05) is 0 Å². The van der Waals surface area contributed by atoms with Crippen molar-refractivity contribution in [2.45, 2.75) is 0 Å². The lowest BCUT2D eigenvalue weighted by Crippen LogP contribution is -2.20. The highest BCUT2D eigenvalue weighted by molar-refractivity contribution is 5.23. The molecule has 0 radical (unpaired) electrons. The average Bonchev–Trinajstić information content (AvgIpc) is 2.07. The van der Waals surface area contributed by atoms with E-state index in [1.54, 1.807) is 0 Å². The third kappa shape index (κ3) is 1.94. The minimum Gasteiger partial charge on any atom is -0.265 e. The molecule has 0 N–H and O–H groups in total. The SMILES string of the molecule is O=[N+]([O-])[C-](c1ccc(F)cc1)[N+](=O)[O-]. The zero-order valence-corrected chi connectivity index (χ0v) is 6.71. The van der Waals surface area contributed by atoms with Crippen LogP contribution in [0.25, 0.3) is 0 Å². The summed E-state index contributed by atoms with van der Waals surface area (Å²) in [6, 6.07) is 3.80. The van der Waals surface area contributed by atoms with E-state index in [0.29, 0.717) is 0 Å². The number of nitrogens with zero attached hydrogens (tertiary/aromatic N) is 2. The third-order valence-electron chi connectivity index (χ3n) is 1.45. The predicted octanol–water partition coefficient (Wildman–Crippen LogP) is 1.22. The first-order valence-corrected chi connectivity index (χ1v) is 3.44. The molecule has 0 saturated heterocycles. The maximum atomic E-state index is 12.4. The van der Waals surface area contributed by atoms with Crippen LogP contribution in [0.3, 0.4) is 0 Å². The maximum absolute atomic E-state index is 12.4. The normalized spacial score (nSPS) is 9.50. The highest BCUT2D eigenvalue weighted by atomic mass is 19.1. The quantitative estimate of drug-likeness (QED) is 0.416. The standard InChI is InChI=1S/C7H4FN2O4/c8-6-3-1-5(2-4-6)7(9(11)12)10(13)14/h1-4H/q-1. The smallest absolute Gasteiger partial charge is 0.265 e. The van der Waals surface area contributed by atoms with Crippen molar-refractivity contribution in [1.29, 1.82) is 0 Å². The van der Waals surface area contributed by atoms with E-state index >= 15 is 0 Å². The molecule has 14 heavy (non-hydrogen) atoms. The molecule has 0 amide bonds. The molecule has 0 fully saturated rings. The fraction of sp³-hybridized carbons (Fsp3) is 0. The molecule has 0 aliphatic rings. The van der Waals surface area contributed by atoms with Crippen LogP contribution in [0, 0.1) is 32.2 Å². The highest BCUT2D eigenvalue weighted by Gasteiger charge is 2.29. The van der Waals surface area contributed by atoms with Gasteiger partial charge in [0.2, 0.25) is 0 Å². The Labute approximate surface area is 77.3 Å². The Morgan fingerprint density at radius 2 is 1.50 bits per heavy atom. The largest absolute Gasteiger partial charge is 0.459 e. The van der Waals surface area contributed by atoms with E-state index in [2.05, 4.69) is 0 Å². The molecule has 0 saturated carbocycles. The van der Waals surface area contributed by atoms with Crippen LogP contribution in [0.2, 0.25) is 0 Å². The summed E-state index contributed by atoms with van der Waals surface area (Å²) in [5.41, 5.74) is -0.235. The molecule has 1 aromatic carbocycles. The highest BCUT2D eigenvalue weighted by Crippen LogP contribution is 2.16. The molecule has 1 aromatic rings. The zero-order valence-electron chi connectivity index (χ0n) is 6.71. The summed E-state index contributed by atoms with van der Waals surface area (Å²) in [5.74, 6) is -0.611. The van der Waals surface area contributed by atoms with Gasteiger partial charge in [0.1, 0.15) is 0 Å². The lowest BCUT2D eigenvalue weighted by molar-refractivity contribution is -0.660. The van der Waals surface area contributed by atoms with Gasteiger partial charge in [-0.25, -0.2) is 4.39 Å². The van der Waals surface area contributed by atoms with Gasteiger partial charge in [-0.3, -0.25) is 20.2 Å². The maximum Gasteiger partial charge on any atom is 0.459 e. The van der Waals surface area contributed by atoms with Gasteiger partial charge >= 0.3 is 6.17 Å². The van der Waals surface area contributed by atoms with E-state index in [1.807, 2.05) is 0 Å². The van der Waals surface area contributed by atoms with Gasteiger partial charge in [0.05, 0.1) is 15.7 Å². The summed E-state index contributed by atoms with van der Waals surface area (Å²) in [6.07, 6.45) is -1.16. The van der Waals surface area contributed by atoms with Gasteiger partial charge in [-0.15, -0.1) is 12.1 Å². The zero-order chi connectivity index (χ0) is 10.7. The van der Waals surface area contributed by atoms with E-state index in [0.717, 1.165) is 24.3 Å². The van der Waals surface area contributed by atoms with Crippen molar-refractivity contribution in [1.82, 2.24) is 0 Å². The van der Waals surface area contributed by atoms with Crippen LogP contribution in [0.1, 0.15) is 5.56 Å². The first kappa shape index (κ1) is 9.90. The summed E-state index contributed by atoms with van der Waals surface area (Å²) in [7, 11) is 0. The second-order valence-electron chi connectivity index (χ2n) is 2.34. The summed E-state index contributed by atoms with van der Waals surface area (Å²) in [6.45, 7) is 0. The van der Waals surface area contributed by atoms with Crippen molar-refractivity contribution < 1.29 is 14.2 Å². The van der Waals surface area contributed by atoms with Gasteiger partial charge in [-0.2, -0.15) is 0 Å². The molecule has 0 bridgehead atoms. The monoisotopic (exact) mass is 199 g/mol. The molecule has 0 unspecified atom stereocenters. The van der Waals surface area contributed by atoms with Crippen LogP contribution in [-0.4, -0.2) is 9.85 Å². The number of benzene rings is 1. The van der Waals surface area contributed by atoms with Crippen molar-refractivity contribution >= 4 is 0 Å². The number of nitro groups is 2. The van der Waals surface area contributed by atoms with Crippen molar-refractivity contribution in [3.05, 3.63) is 62.0 Å². The van der Waals surface area contributed by atoms with E-state index < -0.39 is 21.8 Å². The molecule has 0 aliphatic heterocycles. The second kappa shape index (κ2) is 3.69. The van der Waals surface area contributed by atoms with E-state index in [4.69, 9.17) is 0 Å². The van der Waals surface area contributed by atoms with E-state index in [9.17, 15) is 24.6 Å². The van der Waals surface area contributed by atoms with Gasteiger partial charge in [0.25, 0.3) is 0 Å². The van der Waals surface area contributed by atoms with E-state index in [1.165, 1.54) is 0 Å². The molecular formula is C7H4FN2O4-. The molecule has 0 atom stereocenters. The Balaban J connectivity index is 3.06. The summed E-state index contributed by atoms with van der Waals surface area (Å²) in [4.78, 5) is 18.3. The average molecular weight is 199 g/mol. The van der Waals surface area contributed by atoms with Crippen LogP contribution < -0.4 is 0 Å². The fourth-order valence-corrected chi connectivity index (χ4v) is 0.876. The second-order valence-corrected chi connectivity index (χ2v) is 2.34. The van der Waals surface area contributed by atoms with Gasteiger partial charge in [-0.1, -0.05) is 12.1 Å². The van der Waals surface area contributed by atoms with Crippen LogP contribution >= 0.6 is 0 Å². The Bertz CT molecular complexity index is 350. The summed E-state index contributed by atoms with van der Waals surface area (Å²) >= 11 is 0. The first-order valence-electron chi connectivity index (χ1n) is 3.44. The van der Waals surface area contributed by atoms with Crippen molar-refractivity contribution in [2.75, 3.05) is 0 Å². The number of hydrogen-bond donors (Lipinski definition) is 0. The molecule has 0 aromatic heterocycles. The Hall–Kier alpha value is -2.18. The van der Waals surface area contributed by atoms with Crippen molar-refractivity contribution in [2.24, 2.45) is 0 Å². The minimum absolute atomic E-state index is 0.235. The Morgan fingerprint density at radius 3 is 1.86 bits per heavy atom. The van der Waals surface area contributed by atoms with Gasteiger partial charge in [0.15, 0.2) is 0 Å². The lowest BCUT2D eigenvalue weighted by Gasteiger charge is -2.06. The van der Waals surface area contributed by atoms with Crippen LogP contribution in [0.5, 0.6) is 0 Å². The van der Waals surface area contributed by atoms with Crippen LogP contribution in [-0.2, 0) is 0 Å². The van der Waals surface area contributed by atoms with E-state index in [-0.39, 0.29) is 5.56 Å². The summed E-state index contributed by atoms with van der Waals surface area (Å²) < 4.78 is 12.4. The van der Waals surface area contributed by atoms with Crippen molar-refractivity contribution in [3.63, 3.8) is 0 Å². The third-order valence-corrected chi connectivity index (χ3v) is 1.45. The number of rotatable bonds is 3. The molecule has 0 aliphatic carbocycles. The van der Waals surface area contributed by atoms with Crippen LogP contribution in [0.4, 0.5) is 4.39 Å². The number of hydrogen-bond acceptors (Lipinski definition) is 4. The lowest BCUT2D eigenvalue weighted by atomic mass is 10.2. The van der Waals surface area contributed by atoms with Crippen LogP contribution in [0.15, 0.2) is 24.3 Å². The molecule has 1 rings (SSSR count). The Kier molecular flexibility index (Phi) is 2.61. The van der Waals surface area contributed by atoms with Gasteiger partial charge < -0.3 is 0 Å². The van der Waals surface area contributed by atoms with Crippen molar-refractivity contribution in [3.8, 4) is 0 Å². The molecule has 6 nitrogen and oxygen atoms in total. The predicted molar refractivity (Wildman–Crippen MR) is 42.7 cm³/mol. The summed E-state index contributed by atoms with van der Waals surface area (Å²) in [5, 5.41) is 20.5. The fourth-order valence-electron chi connectivity index (χ4n) is 0.876. The number of halogens is 1. The molecule has 7 heteroatoms. The molecule has 0 spiro atoms.